The van der Waals surface area contributed by atoms with Gasteiger partial charge in [-0.3, -0.25) is 5.32 Å². The van der Waals surface area contributed by atoms with Crippen molar-refractivity contribution in [3.05, 3.63) is 36.0 Å². The molecule has 0 radical (unpaired) electrons. The molecule has 2 heterocycles. The first-order chi connectivity index (χ1) is 18.1. The van der Waals surface area contributed by atoms with E-state index >= 15 is 0 Å². The minimum absolute atomic E-state index is 0.0653. The average molecular weight is 541 g/mol. The van der Waals surface area contributed by atoms with Crippen LogP contribution < -0.4 is 15.0 Å². The minimum atomic E-state index is -1.31. The number of aliphatic imine (C=N–C) groups is 1. The molecule has 39 heavy (non-hydrogen) atoms. The summed E-state index contributed by atoms with van der Waals surface area (Å²) in [5.41, 5.74) is 2.00. The van der Waals surface area contributed by atoms with Gasteiger partial charge in [0.2, 0.25) is 11.9 Å². The van der Waals surface area contributed by atoms with Crippen LogP contribution in [-0.2, 0) is 10.2 Å². The van der Waals surface area contributed by atoms with E-state index in [1.807, 2.05) is 36.9 Å². The molecule has 2 aromatic rings. The number of carbonyl (C=O) groups excluding carboxylic acids is 1. The lowest BCUT2D eigenvalue weighted by molar-refractivity contribution is 0.0601. The van der Waals surface area contributed by atoms with E-state index in [9.17, 15) is 14.7 Å². The Balaban J connectivity index is 1.78. The Morgan fingerprint density at radius 1 is 1.05 bits per heavy atom. The van der Waals surface area contributed by atoms with E-state index < -0.39 is 17.8 Å². The van der Waals surface area contributed by atoms with Gasteiger partial charge in [0, 0.05) is 43.5 Å². The molecule has 11 heteroatoms. The van der Waals surface area contributed by atoms with E-state index in [4.69, 9.17) is 14.5 Å². The van der Waals surface area contributed by atoms with Gasteiger partial charge in [0.15, 0.2) is 0 Å². The van der Waals surface area contributed by atoms with Gasteiger partial charge in [-0.25, -0.2) is 19.6 Å². The summed E-state index contributed by atoms with van der Waals surface area (Å²) < 4.78 is 11.3. The first-order valence-electron chi connectivity index (χ1n) is 13.1. The van der Waals surface area contributed by atoms with Gasteiger partial charge in [0.05, 0.1) is 11.8 Å². The second kappa shape index (κ2) is 11.9. The summed E-state index contributed by atoms with van der Waals surface area (Å²) in [6, 6.07) is 8.01. The Morgan fingerprint density at radius 2 is 1.72 bits per heavy atom. The van der Waals surface area contributed by atoms with Gasteiger partial charge in [-0.15, -0.1) is 4.99 Å². The molecule has 2 amide bonds. The third-order valence-electron chi connectivity index (χ3n) is 5.76. The summed E-state index contributed by atoms with van der Waals surface area (Å²) in [7, 11) is 0. The highest BCUT2D eigenvalue weighted by Crippen LogP contribution is 2.35. The summed E-state index contributed by atoms with van der Waals surface area (Å²) in [6.07, 6.45) is -0.359. The lowest BCUT2D eigenvalue weighted by atomic mass is 9.85. The van der Waals surface area contributed by atoms with Crippen LogP contribution in [0.2, 0.25) is 0 Å². The van der Waals surface area contributed by atoms with E-state index in [1.54, 1.807) is 31.9 Å². The first-order valence-corrected chi connectivity index (χ1v) is 13.1. The van der Waals surface area contributed by atoms with Crippen LogP contribution >= 0.6 is 0 Å². The summed E-state index contributed by atoms with van der Waals surface area (Å²) in [4.78, 5) is 40.4. The molecule has 1 aromatic carbocycles. The van der Waals surface area contributed by atoms with E-state index in [0.29, 0.717) is 32.1 Å². The van der Waals surface area contributed by atoms with Gasteiger partial charge in [-0.2, -0.15) is 0 Å². The molecule has 1 aliphatic rings. The number of nitrogens with one attached hydrogen (secondary N) is 1. The number of hydrogen-bond acceptors (Lipinski definition) is 7. The number of carboxylic acid groups (broad SMARTS) is 1. The molecule has 1 aliphatic heterocycles. The summed E-state index contributed by atoms with van der Waals surface area (Å²) in [5, 5.41) is 11.5. The van der Waals surface area contributed by atoms with E-state index in [2.05, 4.69) is 42.1 Å². The van der Waals surface area contributed by atoms with Crippen molar-refractivity contribution in [1.82, 2.24) is 20.2 Å². The Hall–Kier alpha value is -3.89. The van der Waals surface area contributed by atoms with Gasteiger partial charge in [-0.05, 0) is 64.3 Å². The van der Waals surface area contributed by atoms with Crippen LogP contribution in [0.4, 0.5) is 15.5 Å². The number of hydrogen-bond donors (Lipinski definition) is 2. The highest BCUT2D eigenvalue weighted by Gasteiger charge is 2.26. The van der Waals surface area contributed by atoms with Gasteiger partial charge in [0.1, 0.15) is 11.4 Å². The minimum Gasteiger partial charge on any atom is -0.491 e. The summed E-state index contributed by atoms with van der Waals surface area (Å²) in [5.74, 6) is 1.37. The summed E-state index contributed by atoms with van der Waals surface area (Å²) >= 11 is 0. The zero-order chi connectivity index (χ0) is 29.0. The van der Waals surface area contributed by atoms with Crippen molar-refractivity contribution >= 4 is 24.1 Å². The molecule has 0 unspecified atom stereocenters. The monoisotopic (exact) mass is 540 g/mol. The fourth-order valence-electron chi connectivity index (χ4n) is 4.06. The predicted octanol–water partition coefficient (Wildman–Crippen LogP) is 4.91. The Kier molecular flexibility index (Phi) is 9.03. The van der Waals surface area contributed by atoms with Crippen LogP contribution in [0.1, 0.15) is 61.0 Å². The topological polar surface area (TPSA) is 129 Å². The van der Waals surface area contributed by atoms with Crippen molar-refractivity contribution in [2.24, 2.45) is 4.99 Å². The molecule has 0 bridgehead atoms. The van der Waals surface area contributed by atoms with Crippen LogP contribution in [0, 0.1) is 0 Å². The lowest BCUT2D eigenvalue weighted by Gasteiger charge is -2.36. The molecule has 1 fully saturated rings. The van der Waals surface area contributed by atoms with Crippen LogP contribution in [0.5, 0.6) is 5.75 Å². The highest BCUT2D eigenvalue weighted by molar-refractivity contribution is 5.98. The van der Waals surface area contributed by atoms with Gasteiger partial charge in [0.25, 0.3) is 0 Å². The molecule has 0 aliphatic carbocycles. The van der Waals surface area contributed by atoms with Crippen molar-refractivity contribution in [3.8, 4) is 17.0 Å². The van der Waals surface area contributed by atoms with Crippen LogP contribution in [-0.4, -0.2) is 76.0 Å². The third kappa shape index (κ3) is 8.56. The van der Waals surface area contributed by atoms with Crippen molar-refractivity contribution in [1.29, 1.82) is 0 Å². The fourth-order valence-corrected chi connectivity index (χ4v) is 4.06. The molecular formula is C28H40N6O5. The number of amides is 2. The summed E-state index contributed by atoms with van der Waals surface area (Å²) in [6.45, 7) is 17.5. The second-order valence-corrected chi connectivity index (χ2v) is 11.7. The maximum absolute atomic E-state index is 12.2. The van der Waals surface area contributed by atoms with E-state index in [0.717, 1.165) is 22.6 Å². The number of aromatic nitrogens is 2. The molecule has 1 saturated heterocycles. The van der Waals surface area contributed by atoms with E-state index in [-0.39, 0.29) is 17.5 Å². The number of rotatable bonds is 4. The highest BCUT2D eigenvalue weighted by atomic mass is 16.6. The van der Waals surface area contributed by atoms with Crippen molar-refractivity contribution in [3.63, 3.8) is 0 Å². The average Bonchev–Trinajstić information content (AvgIpc) is 2.81. The zero-order valence-corrected chi connectivity index (χ0v) is 24.1. The van der Waals surface area contributed by atoms with Crippen LogP contribution in [0.25, 0.3) is 11.3 Å². The zero-order valence-electron chi connectivity index (χ0n) is 24.1. The number of guanidine groups is 1. The smallest absolute Gasteiger partial charge is 0.437 e. The van der Waals surface area contributed by atoms with Gasteiger partial charge < -0.3 is 24.4 Å². The number of nitrogens with zero attached hydrogens (tertiary/aromatic N) is 5. The molecule has 0 saturated carbocycles. The molecule has 11 nitrogen and oxygen atoms in total. The largest absolute Gasteiger partial charge is 0.491 e. The first kappa shape index (κ1) is 29.7. The molecule has 1 aromatic heterocycles. The van der Waals surface area contributed by atoms with Crippen molar-refractivity contribution in [2.45, 2.75) is 72.5 Å². The van der Waals surface area contributed by atoms with Crippen LogP contribution in [0.3, 0.4) is 0 Å². The Morgan fingerprint density at radius 3 is 2.28 bits per heavy atom. The standard InChI is InChI=1S/C28H40N6O5/c1-18(2)38-22-10-9-19(17-20(22)27(3,4)5)21-11-12-29-23(30-21)33-13-15-34(16-14-33)24(31-25(35)36)32-26(37)39-28(6,7)8/h9-12,17-18H,13-16H2,1-8H3,(H,35,36)(H,31,32,37). The Labute approximate surface area is 230 Å². The molecule has 0 spiro atoms. The van der Waals surface area contributed by atoms with Crippen molar-refractivity contribution < 1.29 is 24.2 Å². The molecular weight excluding hydrogens is 500 g/mol. The molecule has 212 valence electrons. The maximum atomic E-state index is 12.2. The SMILES string of the molecule is CC(C)Oc1ccc(-c2ccnc(N3CCN(C(=NC(=O)OC(C)(C)C)NC(=O)O)CC3)n2)cc1C(C)(C)C. The van der Waals surface area contributed by atoms with Gasteiger partial charge >= 0.3 is 12.2 Å². The van der Waals surface area contributed by atoms with Crippen LogP contribution in [0.15, 0.2) is 35.5 Å². The number of piperazine rings is 1. The number of carbonyl (C=O) groups is 2. The number of anilines is 1. The number of ether oxygens (including phenoxy) is 2. The predicted molar refractivity (Wildman–Crippen MR) is 151 cm³/mol. The van der Waals surface area contributed by atoms with Crippen molar-refractivity contribution in [2.75, 3.05) is 31.1 Å². The molecule has 3 rings (SSSR count). The van der Waals surface area contributed by atoms with E-state index in [1.165, 1.54) is 0 Å². The molecule has 0 atom stereocenters. The number of benzene rings is 1. The normalized spacial score (nSPS) is 14.8. The van der Waals surface area contributed by atoms with Gasteiger partial charge in [-0.1, -0.05) is 20.8 Å². The fraction of sp³-hybridized carbons (Fsp3) is 0.536. The molecule has 2 N–H and O–H groups in total. The maximum Gasteiger partial charge on any atom is 0.437 e. The third-order valence-corrected chi connectivity index (χ3v) is 5.76. The lowest BCUT2D eigenvalue weighted by Crippen LogP contribution is -2.54. The Bertz CT molecular complexity index is 1210. The second-order valence-electron chi connectivity index (χ2n) is 11.7. The quantitative estimate of drug-likeness (QED) is 0.410.